The normalized spacial score (nSPS) is 12.6. The highest BCUT2D eigenvalue weighted by molar-refractivity contribution is 7.98. The van der Waals surface area contributed by atoms with E-state index in [1.807, 2.05) is 24.3 Å². The average molecular weight is 243 g/mol. The van der Waals surface area contributed by atoms with Crippen molar-refractivity contribution in [3.63, 3.8) is 0 Å². The summed E-state index contributed by atoms with van der Waals surface area (Å²) in [6.45, 7) is 2.43. The van der Waals surface area contributed by atoms with Crippen LogP contribution in [0.4, 0.5) is 10.1 Å². The summed E-state index contributed by atoms with van der Waals surface area (Å²) in [6, 6.07) is 4.89. The Hall–Kier alpha value is -0.740. The molecule has 1 unspecified atom stereocenters. The van der Waals surface area contributed by atoms with Crippen molar-refractivity contribution in [1.82, 2.24) is 0 Å². The highest BCUT2D eigenvalue weighted by Gasteiger charge is 2.15. The van der Waals surface area contributed by atoms with Crippen molar-refractivity contribution in [3.8, 4) is 0 Å². The summed E-state index contributed by atoms with van der Waals surface area (Å²) in [5, 5.41) is 9.59. The van der Waals surface area contributed by atoms with Crippen LogP contribution < -0.4 is 4.90 Å². The van der Waals surface area contributed by atoms with Gasteiger partial charge in [0.25, 0.3) is 0 Å². The molecule has 0 heterocycles. The van der Waals surface area contributed by atoms with E-state index in [4.69, 9.17) is 0 Å². The molecule has 2 nitrogen and oxygen atoms in total. The first-order valence-electron chi connectivity index (χ1n) is 5.24. The lowest BCUT2D eigenvalue weighted by Crippen LogP contribution is -2.22. The Kier molecular flexibility index (Phi) is 5.09. The number of thioether (sulfide) groups is 1. The molecule has 0 aromatic heterocycles. The molecule has 1 rings (SSSR count). The van der Waals surface area contributed by atoms with Gasteiger partial charge in [0.2, 0.25) is 0 Å². The number of rotatable bonds is 5. The minimum Gasteiger partial charge on any atom is -0.389 e. The highest BCUT2D eigenvalue weighted by Crippen LogP contribution is 2.28. The van der Waals surface area contributed by atoms with E-state index in [-0.39, 0.29) is 5.82 Å². The van der Waals surface area contributed by atoms with E-state index < -0.39 is 6.10 Å². The lowest BCUT2D eigenvalue weighted by molar-refractivity contribution is 0.194. The predicted molar refractivity (Wildman–Crippen MR) is 68.7 cm³/mol. The molecule has 0 amide bonds. The van der Waals surface area contributed by atoms with Crippen molar-refractivity contribution < 1.29 is 9.50 Å². The van der Waals surface area contributed by atoms with Gasteiger partial charge in [-0.1, -0.05) is 6.07 Å². The summed E-state index contributed by atoms with van der Waals surface area (Å²) in [7, 11) is 1.91. The average Bonchev–Trinajstić information content (AvgIpc) is 2.24. The fraction of sp³-hybridized carbons (Fsp3) is 0.500. The Morgan fingerprint density at radius 3 is 2.75 bits per heavy atom. The van der Waals surface area contributed by atoms with Crippen molar-refractivity contribution in [1.29, 1.82) is 0 Å². The number of anilines is 1. The van der Waals surface area contributed by atoms with Gasteiger partial charge >= 0.3 is 0 Å². The minimum atomic E-state index is -0.784. The molecule has 0 saturated heterocycles. The second-order valence-corrected chi connectivity index (χ2v) is 4.75. The number of aliphatic hydroxyl groups excluding tert-OH is 1. The van der Waals surface area contributed by atoms with Crippen LogP contribution in [0.25, 0.3) is 0 Å². The van der Waals surface area contributed by atoms with Crippen molar-refractivity contribution in [2.24, 2.45) is 0 Å². The second-order valence-electron chi connectivity index (χ2n) is 3.76. The van der Waals surface area contributed by atoms with E-state index in [9.17, 15) is 9.50 Å². The molecule has 1 atom stereocenters. The SMILES string of the molecule is CSCCN(C)c1cccc(F)c1C(C)O. The molecule has 16 heavy (non-hydrogen) atoms. The minimum absolute atomic E-state index is 0.344. The summed E-state index contributed by atoms with van der Waals surface area (Å²) in [5.41, 5.74) is 1.15. The quantitative estimate of drug-likeness (QED) is 0.860. The smallest absolute Gasteiger partial charge is 0.131 e. The third kappa shape index (κ3) is 3.12. The first-order chi connectivity index (χ1) is 7.57. The molecule has 0 spiro atoms. The van der Waals surface area contributed by atoms with Crippen LogP contribution in [0.2, 0.25) is 0 Å². The van der Waals surface area contributed by atoms with E-state index in [0.717, 1.165) is 18.0 Å². The number of aliphatic hydroxyl groups is 1. The summed E-state index contributed by atoms with van der Waals surface area (Å²) in [5.74, 6) is 0.634. The van der Waals surface area contributed by atoms with E-state index in [1.165, 1.54) is 6.07 Å². The van der Waals surface area contributed by atoms with Crippen molar-refractivity contribution in [2.45, 2.75) is 13.0 Å². The molecule has 1 aromatic rings. The topological polar surface area (TPSA) is 23.5 Å². The number of hydrogen-bond acceptors (Lipinski definition) is 3. The van der Waals surface area contributed by atoms with Crippen LogP contribution in [0.15, 0.2) is 18.2 Å². The Labute approximate surface area is 100 Å². The fourth-order valence-corrected chi connectivity index (χ4v) is 2.08. The fourth-order valence-electron chi connectivity index (χ4n) is 1.62. The molecule has 0 aliphatic heterocycles. The molecule has 0 fully saturated rings. The maximum absolute atomic E-state index is 13.6. The maximum Gasteiger partial charge on any atom is 0.131 e. The molecular weight excluding hydrogens is 225 g/mol. The van der Waals surface area contributed by atoms with Crippen LogP contribution in [-0.2, 0) is 0 Å². The van der Waals surface area contributed by atoms with E-state index >= 15 is 0 Å². The number of benzene rings is 1. The molecule has 90 valence electrons. The lowest BCUT2D eigenvalue weighted by atomic mass is 10.1. The molecule has 0 aliphatic rings. The Bertz CT molecular complexity index is 344. The monoisotopic (exact) mass is 243 g/mol. The van der Waals surface area contributed by atoms with Gasteiger partial charge in [0, 0.05) is 30.6 Å². The number of halogens is 1. The van der Waals surface area contributed by atoms with Gasteiger partial charge in [0.05, 0.1) is 6.10 Å². The van der Waals surface area contributed by atoms with Gasteiger partial charge in [-0.2, -0.15) is 11.8 Å². The molecule has 0 bridgehead atoms. The molecule has 1 N–H and O–H groups in total. The van der Waals surface area contributed by atoms with Crippen LogP contribution in [0.3, 0.4) is 0 Å². The first-order valence-corrected chi connectivity index (χ1v) is 6.64. The van der Waals surface area contributed by atoms with E-state index in [2.05, 4.69) is 0 Å². The van der Waals surface area contributed by atoms with Gasteiger partial charge in [0.15, 0.2) is 0 Å². The van der Waals surface area contributed by atoms with Gasteiger partial charge in [-0.05, 0) is 25.3 Å². The van der Waals surface area contributed by atoms with Crippen molar-refractivity contribution in [3.05, 3.63) is 29.6 Å². The molecule has 1 aromatic carbocycles. The standard InChI is InChI=1S/C12H18FNOS/c1-9(15)12-10(13)5-4-6-11(12)14(2)7-8-16-3/h4-6,9,15H,7-8H2,1-3H3. The molecule has 0 aliphatic carbocycles. The van der Waals surface area contributed by atoms with Gasteiger partial charge in [-0.3, -0.25) is 0 Å². The van der Waals surface area contributed by atoms with Crippen LogP contribution in [0.5, 0.6) is 0 Å². The van der Waals surface area contributed by atoms with Crippen LogP contribution in [0, 0.1) is 5.82 Å². The van der Waals surface area contributed by atoms with Gasteiger partial charge < -0.3 is 10.0 Å². The van der Waals surface area contributed by atoms with Crippen LogP contribution >= 0.6 is 11.8 Å². The zero-order chi connectivity index (χ0) is 12.1. The van der Waals surface area contributed by atoms with Crippen LogP contribution in [-0.4, -0.2) is 30.7 Å². The maximum atomic E-state index is 13.6. The van der Waals surface area contributed by atoms with Gasteiger partial charge in [-0.25, -0.2) is 4.39 Å². The molecular formula is C12H18FNOS. The van der Waals surface area contributed by atoms with Gasteiger partial charge in [-0.15, -0.1) is 0 Å². The molecule has 0 saturated carbocycles. The lowest BCUT2D eigenvalue weighted by Gasteiger charge is -2.23. The third-order valence-electron chi connectivity index (χ3n) is 2.49. The third-order valence-corrected chi connectivity index (χ3v) is 3.08. The zero-order valence-corrected chi connectivity index (χ0v) is 10.7. The predicted octanol–water partition coefficient (Wildman–Crippen LogP) is 2.68. The summed E-state index contributed by atoms with van der Waals surface area (Å²) < 4.78 is 13.6. The van der Waals surface area contributed by atoms with E-state index in [0.29, 0.717) is 5.56 Å². The first kappa shape index (κ1) is 13.3. The molecule has 0 radical (unpaired) electrons. The zero-order valence-electron chi connectivity index (χ0n) is 9.90. The van der Waals surface area contributed by atoms with Crippen molar-refractivity contribution in [2.75, 3.05) is 30.5 Å². The Morgan fingerprint density at radius 2 is 2.19 bits per heavy atom. The highest BCUT2D eigenvalue weighted by atomic mass is 32.2. The summed E-state index contributed by atoms with van der Waals surface area (Å²) in [4.78, 5) is 1.97. The van der Waals surface area contributed by atoms with Crippen molar-refractivity contribution >= 4 is 17.4 Å². The Morgan fingerprint density at radius 1 is 1.50 bits per heavy atom. The van der Waals surface area contributed by atoms with Crippen LogP contribution in [0.1, 0.15) is 18.6 Å². The summed E-state index contributed by atoms with van der Waals surface area (Å²) >= 11 is 1.75. The van der Waals surface area contributed by atoms with Gasteiger partial charge in [0.1, 0.15) is 5.82 Å². The molecule has 4 heteroatoms. The summed E-state index contributed by atoms with van der Waals surface area (Å²) in [6.07, 6.45) is 1.25. The second kappa shape index (κ2) is 6.11. The number of nitrogens with zero attached hydrogens (tertiary/aromatic N) is 1. The Balaban J connectivity index is 2.98. The number of hydrogen-bond donors (Lipinski definition) is 1. The van der Waals surface area contributed by atoms with E-state index in [1.54, 1.807) is 24.8 Å². The largest absolute Gasteiger partial charge is 0.389 e.